The van der Waals surface area contributed by atoms with Gasteiger partial charge in [-0.25, -0.2) is 0 Å². The SMILES string of the molecule is COc1c([S])ccc2ccccc12. The second-order valence-corrected chi connectivity index (χ2v) is 3.26. The van der Waals surface area contributed by atoms with Crippen molar-refractivity contribution in [3.8, 4) is 5.75 Å². The van der Waals surface area contributed by atoms with Crippen molar-refractivity contribution in [2.24, 2.45) is 0 Å². The average molecular weight is 189 g/mol. The number of hydrogen-bond donors (Lipinski definition) is 0. The molecule has 2 aromatic rings. The highest BCUT2D eigenvalue weighted by atomic mass is 32.1. The van der Waals surface area contributed by atoms with Gasteiger partial charge < -0.3 is 4.74 Å². The maximum absolute atomic E-state index is 5.25. The molecule has 1 radical (unpaired) electrons. The molecule has 0 aromatic heterocycles. The first-order chi connectivity index (χ1) is 6.33. The summed E-state index contributed by atoms with van der Waals surface area (Å²) in [5.74, 6) is 0.799. The smallest absolute Gasteiger partial charge is 0.144 e. The third-order valence-electron chi connectivity index (χ3n) is 2.05. The lowest BCUT2D eigenvalue weighted by Crippen LogP contribution is -1.86. The highest BCUT2D eigenvalue weighted by Gasteiger charge is 2.04. The quantitative estimate of drug-likeness (QED) is 0.668. The van der Waals surface area contributed by atoms with Gasteiger partial charge in [0.15, 0.2) is 0 Å². The Balaban J connectivity index is 2.84. The fourth-order valence-corrected chi connectivity index (χ4v) is 1.69. The Labute approximate surface area is 82.7 Å². The van der Waals surface area contributed by atoms with E-state index in [0.717, 1.165) is 21.4 Å². The second kappa shape index (κ2) is 3.23. The van der Waals surface area contributed by atoms with Crippen LogP contribution >= 0.6 is 12.6 Å². The van der Waals surface area contributed by atoms with Gasteiger partial charge >= 0.3 is 0 Å². The van der Waals surface area contributed by atoms with Gasteiger partial charge in [0.05, 0.1) is 12.0 Å². The lowest BCUT2D eigenvalue weighted by molar-refractivity contribution is 0.410. The number of fused-ring (bicyclic) bond motifs is 1. The molecule has 65 valence electrons. The summed E-state index contributed by atoms with van der Waals surface area (Å²) in [6.45, 7) is 0. The number of hydrogen-bond acceptors (Lipinski definition) is 1. The minimum atomic E-state index is 0.765. The van der Waals surface area contributed by atoms with E-state index in [1.165, 1.54) is 0 Å². The van der Waals surface area contributed by atoms with Gasteiger partial charge in [-0.15, -0.1) is 0 Å². The minimum absolute atomic E-state index is 0.765. The van der Waals surface area contributed by atoms with E-state index in [1.54, 1.807) is 7.11 Å². The Kier molecular flexibility index (Phi) is 2.07. The van der Waals surface area contributed by atoms with Crippen LogP contribution in [0.5, 0.6) is 5.75 Å². The lowest BCUT2D eigenvalue weighted by Gasteiger charge is -2.06. The van der Waals surface area contributed by atoms with E-state index in [9.17, 15) is 0 Å². The largest absolute Gasteiger partial charge is 0.495 e. The summed E-state index contributed by atoms with van der Waals surface area (Å²) in [6, 6.07) is 12.0. The first-order valence-electron chi connectivity index (χ1n) is 4.05. The lowest BCUT2D eigenvalue weighted by atomic mass is 10.1. The fraction of sp³-hybridized carbons (Fsp3) is 0.0909. The third-order valence-corrected chi connectivity index (χ3v) is 2.37. The van der Waals surface area contributed by atoms with Crippen molar-refractivity contribution >= 4 is 23.4 Å². The van der Waals surface area contributed by atoms with E-state index in [2.05, 4.69) is 0 Å². The molecule has 0 spiro atoms. The van der Waals surface area contributed by atoms with Gasteiger partial charge in [-0.05, 0) is 11.5 Å². The van der Waals surface area contributed by atoms with Gasteiger partial charge in [0.1, 0.15) is 5.75 Å². The molecular weight excluding hydrogens is 180 g/mol. The van der Waals surface area contributed by atoms with Crippen LogP contribution in [0.2, 0.25) is 0 Å². The van der Waals surface area contributed by atoms with Crippen LogP contribution in [0.1, 0.15) is 0 Å². The molecule has 0 saturated carbocycles. The van der Waals surface area contributed by atoms with E-state index in [1.807, 2.05) is 36.4 Å². The number of methoxy groups -OCH3 is 1. The number of rotatable bonds is 1. The molecule has 0 unspecified atom stereocenters. The van der Waals surface area contributed by atoms with E-state index in [0.29, 0.717) is 0 Å². The number of ether oxygens (including phenoxy) is 1. The van der Waals surface area contributed by atoms with Crippen LogP contribution < -0.4 is 4.74 Å². The second-order valence-electron chi connectivity index (χ2n) is 2.82. The molecule has 0 amide bonds. The molecule has 0 aliphatic carbocycles. The molecule has 0 fully saturated rings. The van der Waals surface area contributed by atoms with Crippen molar-refractivity contribution < 1.29 is 4.74 Å². The van der Waals surface area contributed by atoms with Gasteiger partial charge in [-0.3, -0.25) is 0 Å². The Bertz CT molecular complexity index is 437. The van der Waals surface area contributed by atoms with E-state index < -0.39 is 0 Å². The van der Waals surface area contributed by atoms with Gasteiger partial charge in [0.25, 0.3) is 0 Å². The van der Waals surface area contributed by atoms with Crippen molar-refractivity contribution in [3.63, 3.8) is 0 Å². The first kappa shape index (κ1) is 8.32. The molecule has 0 N–H and O–H groups in total. The highest BCUT2D eigenvalue weighted by molar-refractivity contribution is 7.80. The summed E-state index contributed by atoms with van der Waals surface area (Å²) in [5.41, 5.74) is 0. The molecular formula is C11H9OS. The topological polar surface area (TPSA) is 9.23 Å². The molecule has 13 heavy (non-hydrogen) atoms. The Morgan fingerprint density at radius 1 is 1.08 bits per heavy atom. The molecule has 0 atom stereocenters. The summed E-state index contributed by atoms with van der Waals surface area (Å²) in [4.78, 5) is 0.765. The van der Waals surface area contributed by atoms with Crippen molar-refractivity contribution in [1.29, 1.82) is 0 Å². The van der Waals surface area contributed by atoms with Crippen molar-refractivity contribution in [2.75, 3.05) is 7.11 Å². The van der Waals surface area contributed by atoms with Crippen LogP contribution in [-0.4, -0.2) is 7.11 Å². The zero-order valence-electron chi connectivity index (χ0n) is 7.28. The van der Waals surface area contributed by atoms with Crippen LogP contribution in [0.15, 0.2) is 41.3 Å². The van der Waals surface area contributed by atoms with Crippen LogP contribution in [-0.2, 0) is 0 Å². The molecule has 2 aromatic carbocycles. The summed E-state index contributed by atoms with van der Waals surface area (Å²) < 4.78 is 5.25. The van der Waals surface area contributed by atoms with Crippen molar-refractivity contribution in [1.82, 2.24) is 0 Å². The maximum Gasteiger partial charge on any atom is 0.144 e. The fourth-order valence-electron chi connectivity index (χ4n) is 1.43. The van der Waals surface area contributed by atoms with Gasteiger partial charge in [-0.2, -0.15) is 0 Å². The van der Waals surface area contributed by atoms with Crippen LogP contribution in [0.3, 0.4) is 0 Å². The highest BCUT2D eigenvalue weighted by Crippen LogP contribution is 2.31. The molecule has 0 bridgehead atoms. The van der Waals surface area contributed by atoms with Crippen LogP contribution in [0, 0.1) is 0 Å². The predicted octanol–water partition coefficient (Wildman–Crippen LogP) is 3.40. The monoisotopic (exact) mass is 189 g/mol. The first-order valence-corrected chi connectivity index (χ1v) is 4.46. The van der Waals surface area contributed by atoms with Gasteiger partial charge in [0.2, 0.25) is 0 Å². The van der Waals surface area contributed by atoms with Gasteiger partial charge in [0, 0.05) is 5.39 Å². The third kappa shape index (κ3) is 1.33. The summed E-state index contributed by atoms with van der Waals surface area (Å²) in [7, 11) is 1.65. The zero-order chi connectivity index (χ0) is 9.26. The van der Waals surface area contributed by atoms with Crippen LogP contribution in [0.4, 0.5) is 0 Å². The maximum atomic E-state index is 5.25. The molecule has 2 rings (SSSR count). The summed E-state index contributed by atoms with van der Waals surface area (Å²) in [6.07, 6.45) is 0. The summed E-state index contributed by atoms with van der Waals surface area (Å²) >= 11 is 5.15. The average Bonchev–Trinajstić information content (AvgIpc) is 2.18. The van der Waals surface area contributed by atoms with Crippen molar-refractivity contribution in [3.05, 3.63) is 36.4 Å². The molecule has 2 heteroatoms. The minimum Gasteiger partial charge on any atom is -0.495 e. The standard InChI is InChI=1S/C11H9OS/c1-12-11-9-5-3-2-4-8(9)6-7-10(11)13/h2-7H,1H3. The Hall–Kier alpha value is -1.28. The Morgan fingerprint density at radius 3 is 2.62 bits per heavy atom. The van der Waals surface area contributed by atoms with E-state index in [4.69, 9.17) is 17.4 Å². The zero-order valence-corrected chi connectivity index (χ0v) is 8.10. The molecule has 0 aliphatic rings. The molecule has 0 heterocycles. The van der Waals surface area contributed by atoms with Crippen LogP contribution in [0.25, 0.3) is 10.8 Å². The molecule has 0 saturated heterocycles. The predicted molar refractivity (Wildman–Crippen MR) is 56.4 cm³/mol. The Morgan fingerprint density at radius 2 is 1.85 bits per heavy atom. The number of benzene rings is 2. The van der Waals surface area contributed by atoms with E-state index in [-0.39, 0.29) is 0 Å². The van der Waals surface area contributed by atoms with Crippen molar-refractivity contribution in [2.45, 2.75) is 4.90 Å². The normalized spacial score (nSPS) is 10.2. The summed E-state index contributed by atoms with van der Waals surface area (Å²) in [5, 5.41) is 2.24. The van der Waals surface area contributed by atoms with Gasteiger partial charge in [-0.1, -0.05) is 43.0 Å². The molecule has 0 aliphatic heterocycles. The molecule has 1 nitrogen and oxygen atoms in total. The van der Waals surface area contributed by atoms with E-state index >= 15 is 0 Å².